The highest BCUT2D eigenvalue weighted by Gasteiger charge is 2.46. The van der Waals surface area contributed by atoms with Crippen molar-refractivity contribution in [1.82, 2.24) is 9.88 Å². The predicted octanol–water partition coefficient (Wildman–Crippen LogP) is 2.48. The van der Waals surface area contributed by atoms with Crippen LogP contribution in [-0.2, 0) is 4.74 Å². The lowest BCUT2D eigenvalue weighted by Gasteiger charge is -2.23. The van der Waals surface area contributed by atoms with Crippen molar-refractivity contribution in [1.29, 1.82) is 0 Å². The normalized spacial score (nSPS) is 30.4. The monoisotopic (exact) mass is 280 g/mol. The van der Waals surface area contributed by atoms with Crippen molar-refractivity contribution in [2.75, 3.05) is 19.7 Å². The molecule has 1 aromatic heterocycles. The number of rotatable bonds is 2. The number of hydrogen-bond acceptors (Lipinski definition) is 4. The van der Waals surface area contributed by atoms with Crippen molar-refractivity contribution in [3.05, 3.63) is 16.1 Å². The summed E-state index contributed by atoms with van der Waals surface area (Å²) in [7, 11) is 0. The number of carbonyl (C=O) groups excluding carboxylic acids is 1. The Kier molecular flexibility index (Phi) is 3.35. The number of nitrogens with zero attached hydrogens (tertiary/aromatic N) is 2. The molecule has 19 heavy (non-hydrogen) atoms. The van der Waals surface area contributed by atoms with E-state index >= 15 is 0 Å². The first kappa shape index (κ1) is 13.1. The summed E-state index contributed by atoms with van der Waals surface area (Å²) in [5.74, 6) is 0.723. The third-order valence-electron chi connectivity index (χ3n) is 4.30. The molecule has 5 heteroatoms. The maximum atomic E-state index is 12.4. The fourth-order valence-electron chi connectivity index (χ4n) is 3.13. The summed E-state index contributed by atoms with van der Waals surface area (Å²) in [5, 5.41) is 2.80. The van der Waals surface area contributed by atoms with Gasteiger partial charge in [-0.25, -0.2) is 4.98 Å². The molecule has 1 amide bonds. The zero-order valence-corrected chi connectivity index (χ0v) is 12.3. The molecule has 2 saturated heterocycles. The second kappa shape index (κ2) is 4.87. The van der Waals surface area contributed by atoms with Crippen molar-refractivity contribution >= 4 is 17.2 Å². The summed E-state index contributed by atoms with van der Waals surface area (Å²) < 4.78 is 6.01. The second-order valence-corrected chi connectivity index (χ2v) is 6.76. The van der Waals surface area contributed by atoms with Crippen molar-refractivity contribution in [2.45, 2.75) is 38.7 Å². The first-order chi connectivity index (χ1) is 9.12. The molecule has 0 radical (unpaired) electrons. The van der Waals surface area contributed by atoms with Crippen molar-refractivity contribution < 1.29 is 9.53 Å². The minimum atomic E-state index is -0.0681. The summed E-state index contributed by atoms with van der Waals surface area (Å²) in [5.41, 5.74) is 0.520. The molecule has 3 heterocycles. The standard InChI is InChI=1S/C14H20N2O2S/c1-3-11-6-14(18-7-11)4-5-16(9-14)13(17)12-8-19-10(2)15-12/h8,11H,3-7,9H2,1-2H3. The molecule has 0 saturated carbocycles. The van der Waals surface area contributed by atoms with Crippen molar-refractivity contribution in [3.8, 4) is 0 Å². The molecule has 2 aliphatic heterocycles. The van der Waals surface area contributed by atoms with Gasteiger partial charge in [-0.3, -0.25) is 4.79 Å². The highest BCUT2D eigenvalue weighted by molar-refractivity contribution is 7.09. The van der Waals surface area contributed by atoms with Gasteiger partial charge in [-0.2, -0.15) is 0 Å². The van der Waals surface area contributed by atoms with Crippen molar-refractivity contribution in [3.63, 3.8) is 0 Å². The van der Waals surface area contributed by atoms with Crippen LogP contribution in [0, 0.1) is 12.8 Å². The lowest BCUT2D eigenvalue weighted by molar-refractivity contribution is 0.0115. The van der Waals surface area contributed by atoms with Gasteiger partial charge in [0.05, 0.1) is 23.8 Å². The molecule has 104 valence electrons. The predicted molar refractivity (Wildman–Crippen MR) is 74.5 cm³/mol. The molecule has 2 fully saturated rings. The second-order valence-electron chi connectivity index (χ2n) is 5.70. The van der Waals surface area contributed by atoms with E-state index in [9.17, 15) is 4.79 Å². The van der Waals surface area contributed by atoms with Gasteiger partial charge < -0.3 is 9.64 Å². The van der Waals surface area contributed by atoms with Gasteiger partial charge >= 0.3 is 0 Å². The van der Waals surface area contributed by atoms with Crippen LogP contribution in [0.25, 0.3) is 0 Å². The molecule has 1 aromatic rings. The topological polar surface area (TPSA) is 42.4 Å². The largest absolute Gasteiger partial charge is 0.373 e. The molecule has 2 unspecified atom stereocenters. The first-order valence-corrected chi connectivity index (χ1v) is 7.85. The Bertz CT molecular complexity index is 488. The van der Waals surface area contributed by atoms with Gasteiger partial charge in [0.1, 0.15) is 5.69 Å². The van der Waals surface area contributed by atoms with Crippen LogP contribution in [0.4, 0.5) is 0 Å². The molecular weight excluding hydrogens is 260 g/mol. The minimum Gasteiger partial charge on any atom is -0.373 e. The third-order valence-corrected chi connectivity index (χ3v) is 5.08. The third kappa shape index (κ3) is 2.41. The fraction of sp³-hybridized carbons (Fsp3) is 0.714. The van der Waals surface area contributed by atoms with Crippen LogP contribution in [-0.4, -0.2) is 41.1 Å². The summed E-state index contributed by atoms with van der Waals surface area (Å²) in [6, 6.07) is 0. The average Bonchev–Trinajstić information content (AvgIpc) is 3.11. The van der Waals surface area contributed by atoms with Crippen LogP contribution in [0.1, 0.15) is 41.7 Å². The maximum Gasteiger partial charge on any atom is 0.273 e. The highest BCUT2D eigenvalue weighted by atomic mass is 32.1. The summed E-state index contributed by atoms with van der Waals surface area (Å²) in [6.45, 7) is 6.53. The smallest absolute Gasteiger partial charge is 0.273 e. The van der Waals surface area contributed by atoms with Crippen molar-refractivity contribution in [2.24, 2.45) is 5.92 Å². The van der Waals surface area contributed by atoms with E-state index in [2.05, 4.69) is 11.9 Å². The summed E-state index contributed by atoms with van der Waals surface area (Å²) in [6.07, 6.45) is 3.24. The van der Waals surface area contributed by atoms with E-state index in [1.165, 1.54) is 17.8 Å². The Morgan fingerprint density at radius 3 is 3.16 bits per heavy atom. The molecule has 0 bridgehead atoms. The Balaban J connectivity index is 1.68. The van der Waals surface area contributed by atoms with E-state index in [-0.39, 0.29) is 11.5 Å². The van der Waals surface area contributed by atoms with Gasteiger partial charge in [-0.1, -0.05) is 13.3 Å². The Hall–Kier alpha value is -0.940. The number of aryl methyl sites for hydroxylation is 1. The molecule has 3 rings (SSSR count). The molecular formula is C14H20N2O2S. The van der Waals surface area contributed by atoms with Gasteiger partial charge in [0.2, 0.25) is 0 Å². The SMILES string of the molecule is CCC1COC2(CCN(C(=O)c3csc(C)n3)C2)C1. The number of amides is 1. The van der Waals surface area contributed by atoms with Crippen LogP contribution in [0.2, 0.25) is 0 Å². The zero-order chi connectivity index (χ0) is 13.5. The quantitative estimate of drug-likeness (QED) is 0.836. The van der Waals surface area contributed by atoms with E-state index in [0.29, 0.717) is 11.6 Å². The number of likely N-dealkylation sites (tertiary alicyclic amines) is 1. The molecule has 2 atom stereocenters. The zero-order valence-electron chi connectivity index (χ0n) is 11.5. The van der Waals surface area contributed by atoms with Crippen LogP contribution in [0.5, 0.6) is 0 Å². The van der Waals surface area contributed by atoms with Gasteiger partial charge in [-0.15, -0.1) is 11.3 Å². The molecule has 0 aliphatic carbocycles. The number of hydrogen-bond donors (Lipinski definition) is 0. The van der Waals surface area contributed by atoms with Gasteiger partial charge in [-0.05, 0) is 25.7 Å². The number of aromatic nitrogens is 1. The number of thiazole rings is 1. The molecule has 1 spiro atoms. The molecule has 2 aliphatic rings. The lowest BCUT2D eigenvalue weighted by Crippen LogP contribution is -2.35. The average molecular weight is 280 g/mol. The fourth-order valence-corrected chi connectivity index (χ4v) is 3.71. The molecule has 0 aromatic carbocycles. The maximum absolute atomic E-state index is 12.4. The van der Waals surface area contributed by atoms with Crippen LogP contribution in [0.3, 0.4) is 0 Å². The van der Waals surface area contributed by atoms with E-state index in [1.54, 1.807) is 0 Å². The van der Waals surface area contributed by atoms with E-state index in [1.807, 2.05) is 17.2 Å². The van der Waals surface area contributed by atoms with E-state index in [0.717, 1.165) is 37.5 Å². The Labute approximate surface area is 117 Å². The molecule has 0 N–H and O–H groups in total. The van der Waals surface area contributed by atoms with Gasteiger partial charge in [0.25, 0.3) is 5.91 Å². The van der Waals surface area contributed by atoms with Crippen LogP contribution in [0.15, 0.2) is 5.38 Å². The highest BCUT2D eigenvalue weighted by Crippen LogP contribution is 2.39. The van der Waals surface area contributed by atoms with Gasteiger partial charge in [0, 0.05) is 11.9 Å². The summed E-state index contributed by atoms with van der Waals surface area (Å²) in [4.78, 5) is 18.6. The van der Waals surface area contributed by atoms with Crippen LogP contribution >= 0.6 is 11.3 Å². The van der Waals surface area contributed by atoms with Gasteiger partial charge in [0.15, 0.2) is 0 Å². The Morgan fingerprint density at radius 1 is 1.68 bits per heavy atom. The Morgan fingerprint density at radius 2 is 2.53 bits per heavy atom. The minimum absolute atomic E-state index is 0.0600. The van der Waals surface area contributed by atoms with E-state index in [4.69, 9.17) is 4.74 Å². The van der Waals surface area contributed by atoms with E-state index < -0.39 is 0 Å². The molecule has 4 nitrogen and oxygen atoms in total. The lowest BCUT2D eigenvalue weighted by atomic mass is 9.92. The number of carbonyl (C=O) groups is 1. The first-order valence-electron chi connectivity index (χ1n) is 6.97. The summed E-state index contributed by atoms with van der Waals surface area (Å²) >= 11 is 1.53. The number of ether oxygens (including phenoxy) is 1. The van der Waals surface area contributed by atoms with Crippen LogP contribution < -0.4 is 0 Å².